The number of aromatic carboxylic acids is 1. The van der Waals surface area contributed by atoms with Crippen molar-refractivity contribution in [2.45, 2.75) is 13.0 Å². The monoisotopic (exact) mass is 321 g/mol. The second kappa shape index (κ2) is 6.87. The van der Waals surface area contributed by atoms with Crippen LogP contribution in [0.3, 0.4) is 0 Å². The number of benzene rings is 1. The van der Waals surface area contributed by atoms with Gasteiger partial charge in [0.25, 0.3) is 5.56 Å². The number of aromatic nitrogens is 3. The summed E-state index contributed by atoms with van der Waals surface area (Å²) < 4.78 is 1.64. The fourth-order valence-corrected chi connectivity index (χ4v) is 2.35. The molecular weight excluding hydrogens is 306 g/mol. The number of hydrogen-bond donors (Lipinski definition) is 1. The molecule has 2 heterocycles. The quantitative estimate of drug-likeness (QED) is 0.776. The fourth-order valence-electron chi connectivity index (χ4n) is 2.35. The first-order chi connectivity index (χ1) is 11.6. The summed E-state index contributed by atoms with van der Waals surface area (Å²) in [5, 5.41) is 8.94. The van der Waals surface area contributed by atoms with Crippen molar-refractivity contribution in [3.05, 3.63) is 93.9 Å². The standard InChI is InChI=1S/C18H15N3O3/c22-17-3-1-2-8-21(17)12-14-6-4-13(5-7-14)9-15-10-19-11-16(20-15)18(23)24/h1-8,10-11H,9,12H2,(H,23,24). The average Bonchev–Trinajstić information content (AvgIpc) is 2.59. The Hall–Kier alpha value is -3.28. The first kappa shape index (κ1) is 15.6. The van der Waals surface area contributed by atoms with Crippen molar-refractivity contribution in [3.63, 3.8) is 0 Å². The van der Waals surface area contributed by atoms with E-state index in [0.717, 1.165) is 11.1 Å². The predicted molar refractivity (Wildman–Crippen MR) is 88.0 cm³/mol. The first-order valence-electron chi connectivity index (χ1n) is 7.39. The van der Waals surface area contributed by atoms with Gasteiger partial charge in [-0.25, -0.2) is 9.78 Å². The lowest BCUT2D eigenvalue weighted by molar-refractivity contribution is 0.0689. The predicted octanol–water partition coefficient (Wildman–Crippen LogP) is 1.98. The van der Waals surface area contributed by atoms with Crippen LogP contribution in [-0.4, -0.2) is 25.6 Å². The topological polar surface area (TPSA) is 85.1 Å². The summed E-state index contributed by atoms with van der Waals surface area (Å²) in [6.07, 6.45) is 5.04. The van der Waals surface area contributed by atoms with Crippen LogP contribution in [0.5, 0.6) is 0 Å². The highest BCUT2D eigenvalue weighted by Crippen LogP contribution is 2.10. The second-order valence-corrected chi connectivity index (χ2v) is 5.36. The van der Waals surface area contributed by atoms with E-state index in [0.29, 0.717) is 18.7 Å². The third-order valence-corrected chi connectivity index (χ3v) is 3.56. The molecule has 120 valence electrons. The maximum absolute atomic E-state index is 11.7. The van der Waals surface area contributed by atoms with Gasteiger partial charge in [0.15, 0.2) is 5.69 Å². The zero-order valence-electron chi connectivity index (χ0n) is 12.8. The van der Waals surface area contributed by atoms with E-state index in [-0.39, 0.29) is 11.3 Å². The van der Waals surface area contributed by atoms with Gasteiger partial charge in [0.05, 0.1) is 18.4 Å². The highest BCUT2D eigenvalue weighted by molar-refractivity contribution is 5.84. The van der Waals surface area contributed by atoms with E-state index < -0.39 is 5.97 Å². The Morgan fingerprint density at radius 1 is 1.04 bits per heavy atom. The number of rotatable bonds is 5. The van der Waals surface area contributed by atoms with Crippen LogP contribution < -0.4 is 5.56 Å². The summed E-state index contributed by atoms with van der Waals surface area (Å²) in [4.78, 5) is 30.6. The number of nitrogens with zero attached hydrogens (tertiary/aromatic N) is 3. The van der Waals surface area contributed by atoms with E-state index >= 15 is 0 Å². The Morgan fingerprint density at radius 2 is 1.79 bits per heavy atom. The van der Waals surface area contributed by atoms with Crippen molar-refractivity contribution in [2.24, 2.45) is 0 Å². The molecule has 0 amide bonds. The molecule has 0 saturated carbocycles. The van der Waals surface area contributed by atoms with E-state index in [1.165, 1.54) is 12.3 Å². The molecule has 6 nitrogen and oxygen atoms in total. The zero-order valence-corrected chi connectivity index (χ0v) is 12.8. The van der Waals surface area contributed by atoms with Crippen molar-refractivity contribution in [3.8, 4) is 0 Å². The molecule has 1 aromatic carbocycles. The largest absolute Gasteiger partial charge is 0.476 e. The molecule has 3 rings (SSSR count). The van der Waals surface area contributed by atoms with Crippen molar-refractivity contribution in [1.82, 2.24) is 14.5 Å². The number of carbonyl (C=O) groups is 1. The molecule has 0 fully saturated rings. The third kappa shape index (κ3) is 3.73. The summed E-state index contributed by atoms with van der Waals surface area (Å²) in [7, 11) is 0. The molecule has 0 aliphatic carbocycles. The number of hydrogen-bond acceptors (Lipinski definition) is 4. The van der Waals surface area contributed by atoms with E-state index in [9.17, 15) is 9.59 Å². The highest BCUT2D eigenvalue weighted by atomic mass is 16.4. The molecule has 0 bridgehead atoms. The molecule has 0 aliphatic heterocycles. The number of pyridine rings is 1. The van der Waals surface area contributed by atoms with E-state index in [1.807, 2.05) is 30.3 Å². The Balaban J connectivity index is 1.73. The molecule has 3 aromatic rings. The molecule has 1 N–H and O–H groups in total. The van der Waals surface area contributed by atoms with Crippen molar-refractivity contribution < 1.29 is 9.90 Å². The maximum Gasteiger partial charge on any atom is 0.356 e. The van der Waals surface area contributed by atoms with E-state index in [4.69, 9.17) is 5.11 Å². The van der Waals surface area contributed by atoms with E-state index in [1.54, 1.807) is 23.0 Å². The van der Waals surface area contributed by atoms with Crippen molar-refractivity contribution in [1.29, 1.82) is 0 Å². The van der Waals surface area contributed by atoms with Crippen molar-refractivity contribution >= 4 is 5.97 Å². The van der Waals surface area contributed by atoms with Crippen LogP contribution in [0.2, 0.25) is 0 Å². The van der Waals surface area contributed by atoms with Crippen LogP contribution >= 0.6 is 0 Å². The average molecular weight is 321 g/mol. The molecule has 0 saturated heterocycles. The zero-order chi connectivity index (χ0) is 16.9. The summed E-state index contributed by atoms with van der Waals surface area (Å²) in [6, 6.07) is 12.9. The van der Waals surface area contributed by atoms with Crippen LogP contribution in [-0.2, 0) is 13.0 Å². The van der Waals surface area contributed by atoms with Gasteiger partial charge in [-0.1, -0.05) is 30.3 Å². The van der Waals surface area contributed by atoms with Gasteiger partial charge >= 0.3 is 5.97 Å². The number of carboxylic acids is 1. The van der Waals surface area contributed by atoms with Crippen molar-refractivity contribution in [2.75, 3.05) is 0 Å². The SMILES string of the molecule is O=C(O)c1cncc(Cc2ccc(Cn3ccccc3=O)cc2)n1. The highest BCUT2D eigenvalue weighted by Gasteiger charge is 2.07. The lowest BCUT2D eigenvalue weighted by Gasteiger charge is -2.07. The van der Waals surface area contributed by atoms with Gasteiger partial charge in [0.2, 0.25) is 0 Å². The lowest BCUT2D eigenvalue weighted by atomic mass is 10.1. The third-order valence-electron chi connectivity index (χ3n) is 3.56. The Labute approximate surface area is 138 Å². The summed E-state index contributed by atoms with van der Waals surface area (Å²) in [5.41, 5.74) is 2.50. The van der Waals surface area contributed by atoms with Crippen LogP contribution in [0.25, 0.3) is 0 Å². The first-order valence-corrected chi connectivity index (χ1v) is 7.39. The molecule has 6 heteroatoms. The molecule has 0 spiro atoms. The van der Waals surface area contributed by atoms with Crippen LogP contribution in [0, 0.1) is 0 Å². The molecule has 0 atom stereocenters. The molecule has 24 heavy (non-hydrogen) atoms. The molecule has 0 aliphatic rings. The summed E-state index contributed by atoms with van der Waals surface area (Å²) >= 11 is 0. The van der Waals surface area contributed by atoms with Gasteiger partial charge in [0, 0.05) is 24.9 Å². The molecule has 2 aromatic heterocycles. The van der Waals surface area contributed by atoms with Crippen LogP contribution in [0.1, 0.15) is 27.3 Å². The van der Waals surface area contributed by atoms with Gasteiger partial charge < -0.3 is 9.67 Å². The fraction of sp³-hybridized carbons (Fsp3) is 0.111. The van der Waals surface area contributed by atoms with Gasteiger partial charge in [-0.3, -0.25) is 9.78 Å². The minimum atomic E-state index is -1.09. The Morgan fingerprint density at radius 3 is 2.50 bits per heavy atom. The van der Waals surface area contributed by atoms with Crippen LogP contribution in [0.4, 0.5) is 0 Å². The Kier molecular flexibility index (Phi) is 4.47. The molecule has 0 radical (unpaired) electrons. The smallest absolute Gasteiger partial charge is 0.356 e. The number of carboxylic acid groups (broad SMARTS) is 1. The second-order valence-electron chi connectivity index (χ2n) is 5.36. The lowest BCUT2D eigenvalue weighted by Crippen LogP contribution is -2.18. The summed E-state index contributed by atoms with van der Waals surface area (Å²) in [6.45, 7) is 0.508. The minimum absolute atomic E-state index is 0.0395. The Bertz CT molecular complexity index is 917. The minimum Gasteiger partial charge on any atom is -0.476 e. The normalized spacial score (nSPS) is 10.5. The molecule has 0 unspecified atom stereocenters. The maximum atomic E-state index is 11.7. The van der Waals surface area contributed by atoms with Gasteiger partial charge in [-0.05, 0) is 17.2 Å². The van der Waals surface area contributed by atoms with Gasteiger partial charge in [-0.15, -0.1) is 0 Å². The molecular formula is C18H15N3O3. The van der Waals surface area contributed by atoms with Crippen LogP contribution in [0.15, 0.2) is 65.8 Å². The van der Waals surface area contributed by atoms with Gasteiger partial charge in [0.1, 0.15) is 0 Å². The summed E-state index contributed by atoms with van der Waals surface area (Å²) in [5.74, 6) is -1.09. The van der Waals surface area contributed by atoms with E-state index in [2.05, 4.69) is 9.97 Å². The van der Waals surface area contributed by atoms with Gasteiger partial charge in [-0.2, -0.15) is 0 Å².